The summed E-state index contributed by atoms with van der Waals surface area (Å²) in [6.45, 7) is 4.42. The highest BCUT2D eigenvalue weighted by Crippen LogP contribution is 2.07. The van der Waals surface area contributed by atoms with Crippen molar-refractivity contribution in [3.05, 3.63) is 0 Å². The molecule has 0 radical (unpaired) electrons. The third-order valence-electron chi connectivity index (χ3n) is 2.60. The molecule has 78 valence electrons. The van der Waals surface area contributed by atoms with Gasteiger partial charge in [0, 0.05) is 6.54 Å². The van der Waals surface area contributed by atoms with Crippen LogP contribution in [0.3, 0.4) is 0 Å². The number of likely N-dealkylation sites (tertiary alicyclic amines) is 1. The molecule has 0 amide bonds. The third kappa shape index (κ3) is 2.20. The van der Waals surface area contributed by atoms with Gasteiger partial charge in [0.1, 0.15) is 0 Å². The molecule has 14 heavy (non-hydrogen) atoms. The first kappa shape index (κ1) is 9.39. The second-order valence-corrected chi connectivity index (χ2v) is 3.66. The standard InChI is InChI=1S/C8H16N6/c9-8-10-11-12-14(8)7-3-6-13-4-1-2-5-13/h1-7H2,(H2,9,10,12). The number of hydrogen-bond acceptors (Lipinski definition) is 5. The molecule has 0 saturated carbocycles. The molecule has 1 aliphatic rings. The van der Waals surface area contributed by atoms with Gasteiger partial charge in [0.15, 0.2) is 0 Å². The van der Waals surface area contributed by atoms with Gasteiger partial charge in [-0.3, -0.25) is 0 Å². The Hall–Kier alpha value is -1.17. The van der Waals surface area contributed by atoms with Crippen LogP contribution in [-0.4, -0.2) is 44.7 Å². The van der Waals surface area contributed by atoms with Crippen LogP contribution in [0.15, 0.2) is 0 Å². The van der Waals surface area contributed by atoms with Crippen molar-refractivity contribution in [2.75, 3.05) is 25.4 Å². The number of tetrazole rings is 1. The summed E-state index contributed by atoms with van der Waals surface area (Å²) in [5.74, 6) is 0.409. The fraction of sp³-hybridized carbons (Fsp3) is 0.875. The van der Waals surface area contributed by atoms with Gasteiger partial charge in [0.05, 0.1) is 0 Å². The van der Waals surface area contributed by atoms with E-state index in [4.69, 9.17) is 5.73 Å². The van der Waals surface area contributed by atoms with Crippen molar-refractivity contribution in [2.45, 2.75) is 25.8 Å². The lowest BCUT2D eigenvalue weighted by molar-refractivity contribution is 0.322. The number of hydrogen-bond donors (Lipinski definition) is 1. The van der Waals surface area contributed by atoms with E-state index in [-0.39, 0.29) is 0 Å². The number of rotatable bonds is 4. The molecule has 0 bridgehead atoms. The minimum Gasteiger partial charge on any atom is -0.367 e. The largest absolute Gasteiger partial charge is 0.367 e. The fourth-order valence-corrected chi connectivity index (χ4v) is 1.82. The summed E-state index contributed by atoms with van der Waals surface area (Å²) < 4.78 is 1.65. The Morgan fingerprint density at radius 1 is 1.21 bits per heavy atom. The highest BCUT2D eigenvalue weighted by Gasteiger charge is 2.10. The van der Waals surface area contributed by atoms with Crippen LogP contribution < -0.4 is 5.73 Å². The van der Waals surface area contributed by atoms with Gasteiger partial charge < -0.3 is 10.6 Å². The van der Waals surface area contributed by atoms with Crippen molar-refractivity contribution in [1.82, 2.24) is 25.1 Å². The van der Waals surface area contributed by atoms with E-state index in [9.17, 15) is 0 Å². The topological polar surface area (TPSA) is 72.9 Å². The molecule has 2 heterocycles. The Morgan fingerprint density at radius 2 is 2.00 bits per heavy atom. The lowest BCUT2D eigenvalue weighted by Crippen LogP contribution is -2.22. The van der Waals surface area contributed by atoms with Crippen molar-refractivity contribution < 1.29 is 0 Å². The van der Waals surface area contributed by atoms with Gasteiger partial charge in [-0.15, -0.1) is 0 Å². The summed E-state index contributed by atoms with van der Waals surface area (Å²) in [5, 5.41) is 10.9. The van der Waals surface area contributed by atoms with E-state index in [1.165, 1.54) is 25.9 Å². The molecule has 0 aliphatic carbocycles. The third-order valence-corrected chi connectivity index (χ3v) is 2.60. The van der Waals surface area contributed by atoms with Crippen LogP contribution in [0.25, 0.3) is 0 Å². The molecule has 1 fully saturated rings. The van der Waals surface area contributed by atoms with Crippen LogP contribution in [0.4, 0.5) is 5.95 Å². The average Bonchev–Trinajstić information content (AvgIpc) is 2.78. The first-order valence-electron chi connectivity index (χ1n) is 5.10. The molecule has 6 nitrogen and oxygen atoms in total. The van der Waals surface area contributed by atoms with E-state index in [1.54, 1.807) is 4.68 Å². The van der Waals surface area contributed by atoms with Crippen LogP contribution in [0.2, 0.25) is 0 Å². The first-order chi connectivity index (χ1) is 6.86. The van der Waals surface area contributed by atoms with Crippen molar-refractivity contribution in [3.8, 4) is 0 Å². The maximum Gasteiger partial charge on any atom is 0.240 e. The smallest absolute Gasteiger partial charge is 0.240 e. The molecule has 0 unspecified atom stereocenters. The molecule has 2 rings (SSSR count). The molecule has 0 atom stereocenters. The van der Waals surface area contributed by atoms with E-state index >= 15 is 0 Å². The maximum absolute atomic E-state index is 5.55. The normalized spacial score (nSPS) is 17.7. The van der Waals surface area contributed by atoms with Crippen LogP contribution >= 0.6 is 0 Å². The lowest BCUT2D eigenvalue weighted by atomic mass is 10.4. The van der Waals surface area contributed by atoms with Gasteiger partial charge in [-0.05, 0) is 49.3 Å². The Labute approximate surface area is 83.1 Å². The van der Waals surface area contributed by atoms with E-state index in [2.05, 4.69) is 20.4 Å². The van der Waals surface area contributed by atoms with E-state index < -0.39 is 0 Å². The minimum atomic E-state index is 0.409. The van der Waals surface area contributed by atoms with Gasteiger partial charge in [-0.1, -0.05) is 5.10 Å². The Balaban J connectivity index is 1.70. The summed E-state index contributed by atoms with van der Waals surface area (Å²) in [4.78, 5) is 2.47. The molecule has 1 saturated heterocycles. The van der Waals surface area contributed by atoms with Gasteiger partial charge in [-0.2, -0.15) is 0 Å². The van der Waals surface area contributed by atoms with E-state index in [0.29, 0.717) is 5.95 Å². The second kappa shape index (κ2) is 4.36. The number of nitrogens with zero attached hydrogens (tertiary/aromatic N) is 5. The molecule has 0 spiro atoms. The Bertz CT molecular complexity index is 277. The van der Waals surface area contributed by atoms with Crippen LogP contribution in [0.5, 0.6) is 0 Å². The SMILES string of the molecule is Nc1nnnn1CCCN1CCCC1. The van der Waals surface area contributed by atoms with Crippen molar-refractivity contribution >= 4 is 5.95 Å². The maximum atomic E-state index is 5.55. The van der Waals surface area contributed by atoms with Gasteiger partial charge in [-0.25, -0.2) is 4.68 Å². The second-order valence-electron chi connectivity index (χ2n) is 3.66. The summed E-state index contributed by atoms with van der Waals surface area (Å²) in [6, 6.07) is 0. The highest BCUT2D eigenvalue weighted by atomic mass is 15.6. The summed E-state index contributed by atoms with van der Waals surface area (Å²) in [6.07, 6.45) is 3.75. The quantitative estimate of drug-likeness (QED) is 0.718. The zero-order valence-corrected chi connectivity index (χ0v) is 8.26. The first-order valence-corrected chi connectivity index (χ1v) is 5.10. The monoisotopic (exact) mass is 196 g/mol. The summed E-state index contributed by atoms with van der Waals surface area (Å²) in [7, 11) is 0. The molecule has 1 aromatic rings. The van der Waals surface area contributed by atoms with Crippen LogP contribution in [0.1, 0.15) is 19.3 Å². The van der Waals surface area contributed by atoms with Gasteiger partial charge in [0.25, 0.3) is 0 Å². The van der Waals surface area contributed by atoms with Crippen LogP contribution in [-0.2, 0) is 6.54 Å². The van der Waals surface area contributed by atoms with E-state index in [0.717, 1.165) is 19.5 Å². The number of aryl methyl sites for hydroxylation is 1. The molecule has 6 heteroatoms. The van der Waals surface area contributed by atoms with Crippen molar-refractivity contribution in [1.29, 1.82) is 0 Å². The van der Waals surface area contributed by atoms with Gasteiger partial charge >= 0.3 is 0 Å². The van der Waals surface area contributed by atoms with Crippen LogP contribution in [0, 0.1) is 0 Å². The van der Waals surface area contributed by atoms with Crippen molar-refractivity contribution in [3.63, 3.8) is 0 Å². The molecule has 0 aromatic carbocycles. The molecule has 1 aliphatic heterocycles. The zero-order chi connectivity index (χ0) is 9.80. The Kier molecular flexibility index (Phi) is 2.93. The summed E-state index contributed by atoms with van der Waals surface area (Å²) >= 11 is 0. The fourth-order valence-electron chi connectivity index (χ4n) is 1.82. The predicted octanol–water partition coefficient (Wildman–Crippen LogP) is -0.259. The van der Waals surface area contributed by atoms with Gasteiger partial charge in [0.2, 0.25) is 5.95 Å². The minimum absolute atomic E-state index is 0.409. The number of aromatic nitrogens is 4. The lowest BCUT2D eigenvalue weighted by Gasteiger charge is -2.13. The molecular weight excluding hydrogens is 180 g/mol. The molecular formula is C8H16N6. The Morgan fingerprint density at radius 3 is 2.64 bits per heavy atom. The van der Waals surface area contributed by atoms with Crippen molar-refractivity contribution in [2.24, 2.45) is 0 Å². The molecule has 1 aromatic heterocycles. The summed E-state index contributed by atoms with van der Waals surface area (Å²) in [5.41, 5.74) is 5.55. The predicted molar refractivity (Wildman–Crippen MR) is 52.5 cm³/mol. The zero-order valence-electron chi connectivity index (χ0n) is 8.26. The highest BCUT2D eigenvalue weighted by molar-refractivity contribution is 5.09. The molecule has 2 N–H and O–H groups in total. The number of nitrogen functional groups attached to an aromatic ring is 1. The number of anilines is 1. The van der Waals surface area contributed by atoms with E-state index in [1.807, 2.05) is 0 Å². The number of nitrogens with two attached hydrogens (primary N) is 1. The average molecular weight is 196 g/mol.